The Balaban J connectivity index is 4.16. The molecule has 0 rings (SSSR count). The third-order valence-electron chi connectivity index (χ3n) is 3.11. The van der Waals surface area contributed by atoms with Crippen LogP contribution >= 0.6 is 0 Å². The molecule has 0 amide bonds. The molecule has 0 bridgehead atoms. The fourth-order valence-electron chi connectivity index (χ4n) is 1.50. The lowest BCUT2D eigenvalue weighted by atomic mass is 10.2. The average Bonchev–Trinajstić information content (AvgIpc) is 2.11. The monoisotopic (exact) mass is 202 g/mol. The van der Waals surface area contributed by atoms with E-state index in [1.165, 1.54) is 12.8 Å². The van der Waals surface area contributed by atoms with Crippen molar-refractivity contribution >= 4 is 5.97 Å². The summed E-state index contributed by atoms with van der Waals surface area (Å²) < 4.78 is 0.875. The molecule has 0 spiro atoms. The Morgan fingerprint density at radius 3 is 2.29 bits per heavy atom. The van der Waals surface area contributed by atoms with Gasteiger partial charge >= 0.3 is 5.97 Å². The van der Waals surface area contributed by atoms with Crippen molar-refractivity contribution < 1.29 is 14.4 Å². The first-order chi connectivity index (χ1) is 6.42. The van der Waals surface area contributed by atoms with Crippen LogP contribution in [-0.4, -0.2) is 41.7 Å². The summed E-state index contributed by atoms with van der Waals surface area (Å²) in [6.07, 6.45) is 2.63. The van der Waals surface area contributed by atoms with Crippen molar-refractivity contribution in [2.75, 3.05) is 20.1 Å². The second kappa shape index (κ2) is 6.02. The van der Waals surface area contributed by atoms with Gasteiger partial charge < -0.3 is 9.59 Å². The van der Waals surface area contributed by atoms with Crippen LogP contribution in [0.4, 0.5) is 0 Å². The molecule has 1 unspecified atom stereocenters. The molecule has 3 heteroatoms. The predicted octanol–water partition coefficient (Wildman–Crippen LogP) is 2.12. The fourth-order valence-corrected chi connectivity index (χ4v) is 1.50. The minimum Gasteiger partial charge on any atom is -0.481 e. The number of carbonyl (C=O) groups is 1. The number of quaternary nitrogens is 1. The molecule has 1 atom stereocenters. The van der Waals surface area contributed by atoms with E-state index in [9.17, 15) is 4.79 Å². The highest BCUT2D eigenvalue weighted by molar-refractivity contribution is 5.66. The third kappa shape index (κ3) is 4.61. The maximum absolute atomic E-state index is 10.5. The number of carboxylic acids is 1. The van der Waals surface area contributed by atoms with E-state index >= 15 is 0 Å². The molecular weight excluding hydrogens is 178 g/mol. The number of nitrogens with zero attached hydrogens (tertiary/aromatic N) is 1. The largest absolute Gasteiger partial charge is 0.481 e. The van der Waals surface area contributed by atoms with Gasteiger partial charge in [-0.25, -0.2) is 0 Å². The van der Waals surface area contributed by atoms with Crippen LogP contribution in [0.3, 0.4) is 0 Å². The van der Waals surface area contributed by atoms with Gasteiger partial charge in [-0.1, -0.05) is 13.3 Å². The highest BCUT2D eigenvalue weighted by atomic mass is 16.4. The first-order valence-corrected chi connectivity index (χ1v) is 5.48. The summed E-state index contributed by atoms with van der Waals surface area (Å²) in [5.74, 6) is -0.688. The van der Waals surface area contributed by atoms with Crippen molar-refractivity contribution in [1.29, 1.82) is 0 Å². The van der Waals surface area contributed by atoms with E-state index in [2.05, 4.69) is 27.8 Å². The van der Waals surface area contributed by atoms with E-state index < -0.39 is 5.97 Å². The Labute approximate surface area is 87.3 Å². The van der Waals surface area contributed by atoms with Gasteiger partial charge in [0.2, 0.25) is 0 Å². The summed E-state index contributed by atoms with van der Waals surface area (Å²) >= 11 is 0. The summed E-state index contributed by atoms with van der Waals surface area (Å²) in [6.45, 7) is 8.32. The molecule has 0 radical (unpaired) electrons. The molecule has 0 aromatic rings. The maximum Gasteiger partial charge on any atom is 0.309 e. The van der Waals surface area contributed by atoms with Gasteiger partial charge in [0, 0.05) is 0 Å². The molecule has 0 aliphatic carbocycles. The molecule has 0 aliphatic heterocycles. The smallest absolute Gasteiger partial charge is 0.309 e. The normalized spacial score (nSPS) is 15.5. The van der Waals surface area contributed by atoms with Crippen molar-refractivity contribution in [3.63, 3.8) is 0 Å². The third-order valence-corrected chi connectivity index (χ3v) is 3.11. The Kier molecular flexibility index (Phi) is 5.77. The van der Waals surface area contributed by atoms with Crippen LogP contribution in [0.15, 0.2) is 0 Å². The first-order valence-electron chi connectivity index (χ1n) is 5.48. The molecule has 0 saturated carbocycles. The molecule has 0 saturated heterocycles. The standard InChI is InChI=1S/C11H23NO2/c1-5-6-8-12(4,10(2)3)9-7-11(13)14/h10H,5-9H2,1-4H3/p+1. The summed E-state index contributed by atoms with van der Waals surface area (Å²) in [5, 5.41) is 8.67. The van der Waals surface area contributed by atoms with Gasteiger partial charge in [-0.2, -0.15) is 0 Å². The minimum absolute atomic E-state index is 0.276. The molecule has 84 valence electrons. The van der Waals surface area contributed by atoms with Crippen molar-refractivity contribution in [2.24, 2.45) is 0 Å². The van der Waals surface area contributed by atoms with Crippen LogP contribution in [0.5, 0.6) is 0 Å². The summed E-state index contributed by atoms with van der Waals surface area (Å²) in [7, 11) is 2.16. The fraction of sp³-hybridized carbons (Fsp3) is 0.909. The van der Waals surface area contributed by atoms with Gasteiger partial charge in [0.25, 0.3) is 0 Å². The zero-order chi connectivity index (χ0) is 11.2. The lowest BCUT2D eigenvalue weighted by Crippen LogP contribution is -2.51. The van der Waals surface area contributed by atoms with Gasteiger partial charge in [-0.15, -0.1) is 0 Å². The maximum atomic E-state index is 10.5. The number of hydrogen-bond acceptors (Lipinski definition) is 1. The van der Waals surface area contributed by atoms with E-state index in [0.29, 0.717) is 6.04 Å². The summed E-state index contributed by atoms with van der Waals surface area (Å²) in [5.41, 5.74) is 0. The number of hydrogen-bond donors (Lipinski definition) is 1. The zero-order valence-electron chi connectivity index (χ0n) is 9.92. The van der Waals surface area contributed by atoms with Crippen molar-refractivity contribution in [1.82, 2.24) is 0 Å². The molecule has 0 heterocycles. The SMILES string of the molecule is CCCC[N+](C)(CCC(=O)O)C(C)C. The van der Waals surface area contributed by atoms with Crippen molar-refractivity contribution in [3.8, 4) is 0 Å². The molecule has 1 N–H and O–H groups in total. The van der Waals surface area contributed by atoms with Crippen LogP contribution < -0.4 is 0 Å². The van der Waals surface area contributed by atoms with E-state index in [1.807, 2.05) is 0 Å². The number of carboxylic acid groups (broad SMARTS) is 1. The average molecular weight is 202 g/mol. The number of rotatable bonds is 7. The van der Waals surface area contributed by atoms with Crippen molar-refractivity contribution in [2.45, 2.75) is 46.1 Å². The number of aliphatic carboxylic acids is 1. The molecule has 0 fully saturated rings. The first kappa shape index (κ1) is 13.4. The zero-order valence-corrected chi connectivity index (χ0v) is 9.92. The van der Waals surface area contributed by atoms with Crippen LogP contribution in [0.25, 0.3) is 0 Å². The lowest BCUT2D eigenvalue weighted by Gasteiger charge is -2.38. The van der Waals surface area contributed by atoms with Gasteiger partial charge in [-0.05, 0) is 20.3 Å². The molecule has 3 nitrogen and oxygen atoms in total. The van der Waals surface area contributed by atoms with Crippen molar-refractivity contribution in [3.05, 3.63) is 0 Å². The minimum atomic E-state index is -0.688. The van der Waals surface area contributed by atoms with E-state index in [-0.39, 0.29) is 6.42 Å². The highest BCUT2D eigenvalue weighted by Gasteiger charge is 2.25. The molecule has 0 aromatic heterocycles. The van der Waals surface area contributed by atoms with Crippen LogP contribution in [0, 0.1) is 0 Å². The molecule has 0 aromatic carbocycles. The van der Waals surface area contributed by atoms with E-state index in [0.717, 1.165) is 17.6 Å². The second-order valence-electron chi connectivity index (χ2n) is 4.52. The van der Waals surface area contributed by atoms with Gasteiger partial charge in [0.1, 0.15) is 0 Å². The summed E-state index contributed by atoms with van der Waals surface area (Å²) in [6, 6.07) is 0.501. The molecular formula is C11H24NO2+. The molecule has 14 heavy (non-hydrogen) atoms. The van der Waals surface area contributed by atoms with Crippen LogP contribution in [-0.2, 0) is 4.79 Å². The van der Waals surface area contributed by atoms with Crippen LogP contribution in [0.2, 0.25) is 0 Å². The van der Waals surface area contributed by atoms with Crippen LogP contribution in [0.1, 0.15) is 40.0 Å². The van der Waals surface area contributed by atoms with Gasteiger partial charge in [0.15, 0.2) is 0 Å². The lowest BCUT2D eigenvalue weighted by molar-refractivity contribution is -0.929. The van der Waals surface area contributed by atoms with Gasteiger partial charge in [0.05, 0.1) is 32.6 Å². The highest BCUT2D eigenvalue weighted by Crippen LogP contribution is 2.13. The Hall–Kier alpha value is -0.570. The predicted molar refractivity (Wildman–Crippen MR) is 58.2 cm³/mol. The Morgan fingerprint density at radius 2 is 1.93 bits per heavy atom. The Bertz CT molecular complexity index is 180. The topological polar surface area (TPSA) is 37.3 Å². The quantitative estimate of drug-likeness (QED) is 0.642. The number of unbranched alkanes of at least 4 members (excludes halogenated alkanes) is 1. The second-order valence-corrected chi connectivity index (χ2v) is 4.52. The molecule has 0 aliphatic rings. The Morgan fingerprint density at radius 1 is 1.36 bits per heavy atom. The van der Waals surface area contributed by atoms with E-state index in [4.69, 9.17) is 5.11 Å². The van der Waals surface area contributed by atoms with Gasteiger partial charge in [-0.3, -0.25) is 4.79 Å². The van der Waals surface area contributed by atoms with E-state index in [1.54, 1.807) is 0 Å². The summed E-state index contributed by atoms with van der Waals surface area (Å²) in [4.78, 5) is 10.5.